The van der Waals surface area contributed by atoms with Crippen LogP contribution in [0.1, 0.15) is 12.0 Å². The minimum Gasteiger partial charge on any atom is -0.496 e. The molecule has 2 nitrogen and oxygen atoms in total. The number of aliphatic hydroxyl groups excluding tert-OH is 1. The molecule has 0 aliphatic rings. The van der Waals surface area contributed by atoms with Crippen LogP contribution in [-0.2, 0) is 6.42 Å². The number of aryl methyl sites for hydroxylation is 1. The molecule has 1 aromatic carbocycles. The molecule has 0 fully saturated rings. The van der Waals surface area contributed by atoms with Crippen molar-refractivity contribution in [3.63, 3.8) is 0 Å². The Kier molecular flexibility index (Phi) is 3.71. The number of rotatable bonds is 4. The lowest BCUT2D eigenvalue weighted by molar-refractivity contribution is 0.287. The molecule has 0 saturated heterocycles. The second kappa shape index (κ2) is 4.82. The molecule has 0 unspecified atom stereocenters. The lowest BCUT2D eigenvalue weighted by Gasteiger charge is -2.07. The van der Waals surface area contributed by atoms with Gasteiger partial charge in [-0.3, -0.25) is 0 Å². The van der Waals surface area contributed by atoms with E-state index in [1.165, 1.54) is 19.2 Å². The van der Waals surface area contributed by atoms with Crippen molar-refractivity contribution in [3.05, 3.63) is 29.6 Å². The zero-order valence-corrected chi connectivity index (χ0v) is 7.59. The minimum absolute atomic E-state index is 0.139. The molecule has 0 aromatic heterocycles. The highest BCUT2D eigenvalue weighted by Gasteiger charge is 2.03. The summed E-state index contributed by atoms with van der Waals surface area (Å²) in [5.74, 6) is 0.248. The zero-order chi connectivity index (χ0) is 9.68. The van der Waals surface area contributed by atoms with Crippen LogP contribution in [-0.4, -0.2) is 18.8 Å². The smallest absolute Gasteiger partial charge is 0.126 e. The van der Waals surface area contributed by atoms with Crippen LogP contribution in [0.3, 0.4) is 0 Å². The van der Waals surface area contributed by atoms with Crippen molar-refractivity contribution in [2.75, 3.05) is 13.7 Å². The summed E-state index contributed by atoms with van der Waals surface area (Å²) in [5.41, 5.74) is 0.929. The maximum absolute atomic E-state index is 12.7. The molecule has 0 bridgehead atoms. The summed E-state index contributed by atoms with van der Waals surface area (Å²) in [6.45, 7) is 0.139. The van der Waals surface area contributed by atoms with Gasteiger partial charge in [0.15, 0.2) is 0 Å². The highest BCUT2D eigenvalue weighted by atomic mass is 19.1. The number of hydrogen-bond donors (Lipinski definition) is 1. The zero-order valence-electron chi connectivity index (χ0n) is 7.59. The Hall–Kier alpha value is -1.09. The van der Waals surface area contributed by atoms with Crippen molar-refractivity contribution in [1.82, 2.24) is 0 Å². The first kappa shape index (κ1) is 9.99. The van der Waals surface area contributed by atoms with Crippen LogP contribution >= 0.6 is 0 Å². The maximum Gasteiger partial charge on any atom is 0.126 e. The van der Waals surface area contributed by atoms with E-state index in [4.69, 9.17) is 9.84 Å². The van der Waals surface area contributed by atoms with E-state index in [-0.39, 0.29) is 12.4 Å². The molecule has 0 saturated carbocycles. The predicted molar refractivity (Wildman–Crippen MR) is 48.4 cm³/mol. The van der Waals surface area contributed by atoms with E-state index in [0.717, 1.165) is 5.56 Å². The lowest BCUT2D eigenvalue weighted by atomic mass is 10.1. The van der Waals surface area contributed by atoms with E-state index in [1.807, 2.05) is 0 Å². The molecule has 13 heavy (non-hydrogen) atoms. The van der Waals surface area contributed by atoms with Crippen LogP contribution in [0, 0.1) is 5.82 Å². The largest absolute Gasteiger partial charge is 0.496 e. The highest BCUT2D eigenvalue weighted by Crippen LogP contribution is 2.20. The van der Waals surface area contributed by atoms with Gasteiger partial charge in [0.25, 0.3) is 0 Å². The number of ether oxygens (including phenoxy) is 1. The number of hydrogen-bond acceptors (Lipinski definition) is 2. The summed E-state index contributed by atoms with van der Waals surface area (Å²) >= 11 is 0. The second-order valence-electron chi connectivity index (χ2n) is 2.78. The topological polar surface area (TPSA) is 29.5 Å². The first-order valence-corrected chi connectivity index (χ1v) is 4.21. The van der Waals surface area contributed by atoms with Gasteiger partial charge >= 0.3 is 0 Å². The van der Waals surface area contributed by atoms with Crippen LogP contribution in [0.25, 0.3) is 0 Å². The fourth-order valence-corrected chi connectivity index (χ4v) is 1.19. The molecule has 0 atom stereocenters. The van der Waals surface area contributed by atoms with Crippen LogP contribution in [0.2, 0.25) is 0 Å². The Morgan fingerprint density at radius 2 is 2.23 bits per heavy atom. The molecule has 1 N–H and O–H groups in total. The van der Waals surface area contributed by atoms with Crippen molar-refractivity contribution in [2.45, 2.75) is 12.8 Å². The summed E-state index contributed by atoms with van der Waals surface area (Å²) in [4.78, 5) is 0. The molecule has 72 valence electrons. The molecular weight excluding hydrogens is 171 g/mol. The van der Waals surface area contributed by atoms with Gasteiger partial charge in [-0.05, 0) is 24.5 Å². The van der Waals surface area contributed by atoms with Crippen molar-refractivity contribution in [1.29, 1.82) is 0 Å². The van der Waals surface area contributed by atoms with E-state index >= 15 is 0 Å². The van der Waals surface area contributed by atoms with Gasteiger partial charge in [-0.15, -0.1) is 0 Å². The Balaban J connectivity index is 2.79. The molecule has 0 aliphatic carbocycles. The number of halogens is 1. The van der Waals surface area contributed by atoms with Gasteiger partial charge in [0.05, 0.1) is 7.11 Å². The standard InChI is InChI=1S/C10H13FO2/c1-13-10-7-9(11)5-4-8(10)3-2-6-12/h4-5,7,12H,2-3,6H2,1H3. The monoisotopic (exact) mass is 184 g/mol. The highest BCUT2D eigenvalue weighted by molar-refractivity contribution is 5.33. The van der Waals surface area contributed by atoms with Crippen LogP contribution in [0.15, 0.2) is 18.2 Å². The molecule has 3 heteroatoms. The Bertz CT molecular complexity index is 274. The normalized spacial score (nSPS) is 10.1. The fourth-order valence-electron chi connectivity index (χ4n) is 1.19. The Morgan fingerprint density at radius 3 is 2.85 bits per heavy atom. The Morgan fingerprint density at radius 1 is 1.46 bits per heavy atom. The van der Waals surface area contributed by atoms with Crippen molar-refractivity contribution < 1.29 is 14.2 Å². The number of aliphatic hydroxyl groups is 1. The van der Waals surface area contributed by atoms with Crippen molar-refractivity contribution >= 4 is 0 Å². The van der Waals surface area contributed by atoms with Gasteiger partial charge in [0.1, 0.15) is 11.6 Å². The van der Waals surface area contributed by atoms with Crippen molar-refractivity contribution in [2.24, 2.45) is 0 Å². The summed E-state index contributed by atoms with van der Waals surface area (Å²) in [6, 6.07) is 4.44. The Labute approximate surface area is 77.0 Å². The van der Waals surface area contributed by atoms with Crippen molar-refractivity contribution in [3.8, 4) is 5.75 Å². The third-order valence-corrected chi connectivity index (χ3v) is 1.85. The fraction of sp³-hybridized carbons (Fsp3) is 0.400. The number of methoxy groups -OCH3 is 1. The van der Waals surface area contributed by atoms with E-state index in [9.17, 15) is 4.39 Å². The second-order valence-corrected chi connectivity index (χ2v) is 2.78. The van der Waals surface area contributed by atoms with Gasteiger partial charge in [0.2, 0.25) is 0 Å². The molecule has 0 aliphatic heterocycles. The molecule has 0 radical (unpaired) electrons. The van der Waals surface area contributed by atoms with E-state index < -0.39 is 0 Å². The molecular formula is C10H13FO2. The minimum atomic E-state index is -0.301. The molecule has 1 aromatic rings. The third kappa shape index (κ3) is 2.70. The first-order chi connectivity index (χ1) is 6.27. The summed E-state index contributed by atoms with van der Waals surface area (Å²) in [5, 5.41) is 8.63. The van der Waals surface area contributed by atoms with E-state index in [1.54, 1.807) is 6.07 Å². The molecule has 1 rings (SSSR count). The number of benzene rings is 1. The average molecular weight is 184 g/mol. The van der Waals surface area contributed by atoms with Gasteiger partial charge < -0.3 is 9.84 Å². The van der Waals surface area contributed by atoms with Gasteiger partial charge in [-0.25, -0.2) is 4.39 Å². The molecule has 0 amide bonds. The third-order valence-electron chi connectivity index (χ3n) is 1.85. The van der Waals surface area contributed by atoms with Gasteiger partial charge in [-0.1, -0.05) is 6.07 Å². The molecule has 0 spiro atoms. The summed E-state index contributed by atoms with van der Waals surface area (Å²) < 4.78 is 17.7. The van der Waals surface area contributed by atoms with Crippen LogP contribution < -0.4 is 4.74 Å². The lowest BCUT2D eigenvalue weighted by Crippen LogP contribution is -1.95. The SMILES string of the molecule is COc1cc(F)ccc1CCCO. The van der Waals surface area contributed by atoms with Gasteiger partial charge in [-0.2, -0.15) is 0 Å². The molecule has 0 heterocycles. The summed E-state index contributed by atoms with van der Waals surface area (Å²) in [7, 11) is 1.51. The van der Waals surface area contributed by atoms with E-state index in [2.05, 4.69) is 0 Å². The maximum atomic E-state index is 12.7. The quantitative estimate of drug-likeness (QED) is 0.772. The van der Waals surface area contributed by atoms with Crippen LogP contribution in [0.5, 0.6) is 5.75 Å². The van der Waals surface area contributed by atoms with Crippen LogP contribution in [0.4, 0.5) is 4.39 Å². The van der Waals surface area contributed by atoms with Gasteiger partial charge in [0, 0.05) is 12.7 Å². The summed E-state index contributed by atoms with van der Waals surface area (Å²) in [6.07, 6.45) is 1.38. The average Bonchev–Trinajstić information content (AvgIpc) is 2.16. The van der Waals surface area contributed by atoms with E-state index in [0.29, 0.717) is 18.6 Å². The first-order valence-electron chi connectivity index (χ1n) is 4.21. The predicted octanol–water partition coefficient (Wildman–Crippen LogP) is 1.76.